The molecule has 2 unspecified atom stereocenters. The summed E-state index contributed by atoms with van der Waals surface area (Å²) in [5.41, 5.74) is 1.17. The molecular formula is C16H22Cl2N2O. The first-order valence-corrected chi connectivity index (χ1v) is 7.87. The maximum Gasteiger partial charge on any atom is 0.223 e. The normalized spacial score (nSPS) is 24.9. The molecule has 0 spiro atoms. The van der Waals surface area contributed by atoms with Crippen LogP contribution in [0.25, 0.3) is 0 Å². The number of likely N-dealkylation sites (tertiary alicyclic amines) is 1. The van der Waals surface area contributed by atoms with Crippen molar-refractivity contribution in [1.82, 2.24) is 10.2 Å². The number of halogens is 2. The van der Waals surface area contributed by atoms with E-state index in [1.165, 1.54) is 5.56 Å². The number of hydrogen-bond donors (Lipinski definition) is 1. The van der Waals surface area contributed by atoms with E-state index in [9.17, 15) is 4.79 Å². The van der Waals surface area contributed by atoms with Crippen molar-refractivity contribution in [2.24, 2.45) is 5.92 Å². The SMILES string of the molecule is Cl.O=C(CC1CCNC1)N1CCCC1c1cccc(Cl)c1. The second-order valence-electron chi connectivity index (χ2n) is 5.86. The fourth-order valence-electron chi connectivity index (χ4n) is 3.38. The van der Waals surface area contributed by atoms with Crippen molar-refractivity contribution < 1.29 is 4.79 Å². The van der Waals surface area contributed by atoms with Gasteiger partial charge in [0.05, 0.1) is 6.04 Å². The molecule has 5 heteroatoms. The summed E-state index contributed by atoms with van der Waals surface area (Å²) in [6.07, 6.45) is 3.95. The zero-order valence-electron chi connectivity index (χ0n) is 12.1. The van der Waals surface area contributed by atoms with Crippen LogP contribution < -0.4 is 5.32 Å². The molecule has 2 atom stereocenters. The van der Waals surface area contributed by atoms with E-state index >= 15 is 0 Å². The Hall–Kier alpha value is -0.770. The van der Waals surface area contributed by atoms with Gasteiger partial charge in [0.25, 0.3) is 0 Å². The summed E-state index contributed by atoms with van der Waals surface area (Å²) in [5, 5.41) is 4.08. The van der Waals surface area contributed by atoms with Crippen molar-refractivity contribution in [2.45, 2.75) is 31.7 Å². The molecule has 0 radical (unpaired) electrons. The molecule has 0 bridgehead atoms. The molecule has 3 nitrogen and oxygen atoms in total. The Morgan fingerprint density at radius 3 is 2.95 bits per heavy atom. The van der Waals surface area contributed by atoms with Gasteiger partial charge in [0.15, 0.2) is 0 Å². The van der Waals surface area contributed by atoms with E-state index in [4.69, 9.17) is 11.6 Å². The van der Waals surface area contributed by atoms with Crippen LogP contribution >= 0.6 is 24.0 Å². The molecule has 2 aliphatic heterocycles. The Morgan fingerprint density at radius 2 is 2.24 bits per heavy atom. The van der Waals surface area contributed by atoms with E-state index in [-0.39, 0.29) is 18.4 Å². The average Bonchev–Trinajstić information content (AvgIpc) is 3.09. The van der Waals surface area contributed by atoms with Crippen LogP contribution in [0.1, 0.15) is 37.3 Å². The smallest absolute Gasteiger partial charge is 0.223 e. The Morgan fingerprint density at radius 1 is 1.38 bits per heavy atom. The van der Waals surface area contributed by atoms with Gasteiger partial charge in [-0.05, 0) is 56.0 Å². The zero-order valence-corrected chi connectivity index (χ0v) is 13.6. The van der Waals surface area contributed by atoms with Gasteiger partial charge in [-0.15, -0.1) is 12.4 Å². The van der Waals surface area contributed by atoms with Gasteiger partial charge in [-0.1, -0.05) is 23.7 Å². The average molecular weight is 329 g/mol. The molecule has 2 aliphatic rings. The second-order valence-corrected chi connectivity index (χ2v) is 6.30. The lowest BCUT2D eigenvalue weighted by atomic mass is 10.0. The summed E-state index contributed by atoms with van der Waals surface area (Å²) < 4.78 is 0. The molecule has 1 aromatic carbocycles. The van der Waals surface area contributed by atoms with Crippen molar-refractivity contribution >= 4 is 29.9 Å². The number of hydrogen-bond acceptors (Lipinski definition) is 2. The summed E-state index contributed by atoms with van der Waals surface area (Å²) in [4.78, 5) is 14.6. The number of carbonyl (C=O) groups is 1. The Kier molecular flexibility index (Phi) is 5.91. The van der Waals surface area contributed by atoms with Gasteiger partial charge in [-0.3, -0.25) is 4.79 Å². The molecule has 2 saturated heterocycles. The quantitative estimate of drug-likeness (QED) is 0.921. The van der Waals surface area contributed by atoms with Crippen LogP contribution in [0.15, 0.2) is 24.3 Å². The van der Waals surface area contributed by atoms with Crippen LogP contribution in [0.5, 0.6) is 0 Å². The first-order chi connectivity index (χ1) is 9.74. The summed E-state index contributed by atoms with van der Waals surface area (Å²) in [6.45, 7) is 2.92. The van der Waals surface area contributed by atoms with Crippen molar-refractivity contribution in [3.8, 4) is 0 Å². The van der Waals surface area contributed by atoms with Gasteiger partial charge >= 0.3 is 0 Å². The molecule has 1 amide bonds. The fourth-order valence-corrected chi connectivity index (χ4v) is 3.58. The highest BCUT2D eigenvalue weighted by molar-refractivity contribution is 6.30. The van der Waals surface area contributed by atoms with E-state index < -0.39 is 0 Å². The molecule has 2 fully saturated rings. The van der Waals surface area contributed by atoms with Crippen LogP contribution in [0.3, 0.4) is 0 Å². The first-order valence-electron chi connectivity index (χ1n) is 7.49. The number of carbonyl (C=O) groups excluding carboxylic acids is 1. The number of benzene rings is 1. The highest BCUT2D eigenvalue weighted by atomic mass is 35.5. The summed E-state index contributed by atoms with van der Waals surface area (Å²) in [7, 11) is 0. The van der Waals surface area contributed by atoms with Crippen LogP contribution in [0.4, 0.5) is 0 Å². The maximum absolute atomic E-state index is 12.5. The molecule has 3 rings (SSSR count). The Balaban J connectivity index is 0.00000161. The van der Waals surface area contributed by atoms with Gasteiger partial charge < -0.3 is 10.2 Å². The lowest BCUT2D eigenvalue weighted by Gasteiger charge is -2.26. The van der Waals surface area contributed by atoms with Gasteiger partial charge in [-0.25, -0.2) is 0 Å². The summed E-state index contributed by atoms with van der Waals surface area (Å²) >= 11 is 6.08. The van der Waals surface area contributed by atoms with Crippen LogP contribution in [-0.4, -0.2) is 30.4 Å². The predicted molar refractivity (Wildman–Crippen MR) is 88.0 cm³/mol. The van der Waals surface area contributed by atoms with Crippen LogP contribution in [0.2, 0.25) is 5.02 Å². The van der Waals surface area contributed by atoms with Crippen molar-refractivity contribution in [1.29, 1.82) is 0 Å². The molecule has 0 aromatic heterocycles. The minimum absolute atomic E-state index is 0. The van der Waals surface area contributed by atoms with Gasteiger partial charge in [0.2, 0.25) is 5.91 Å². The van der Waals surface area contributed by atoms with Gasteiger partial charge in [0.1, 0.15) is 0 Å². The van der Waals surface area contributed by atoms with Crippen LogP contribution in [0, 0.1) is 5.92 Å². The lowest BCUT2D eigenvalue weighted by molar-refractivity contribution is -0.133. The summed E-state index contributed by atoms with van der Waals surface area (Å²) in [5.74, 6) is 0.823. The molecule has 21 heavy (non-hydrogen) atoms. The molecular weight excluding hydrogens is 307 g/mol. The third-order valence-corrected chi connectivity index (χ3v) is 4.67. The third kappa shape index (κ3) is 3.91. The molecule has 0 aliphatic carbocycles. The topological polar surface area (TPSA) is 32.3 Å². The Labute approximate surface area is 137 Å². The standard InChI is InChI=1S/C16H21ClN2O.ClH/c17-14-4-1-3-13(10-14)15-5-2-8-19(15)16(20)9-12-6-7-18-11-12;/h1,3-4,10,12,15,18H,2,5-9,11H2;1H. The highest BCUT2D eigenvalue weighted by Crippen LogP contribution is 2.34. The maximum atomic E-state index is 12.5. The minimum Gasteiger partial charge on any atom is -0.336 e. The Bertz CT molecular complexity index is 489. The molecule has 1 aromatic rings. The van der Waals surface area contributed by atoms with Crippen molar-refractivity contribution in [2.75, 3.05) is 19.6 Å². The molecule has 2 heterocycles. The molecule has 116 valence electrons. The van der Waals surface area contributed by atoms with Gasteiger partial charge in [-0.2, -0.15) is 0 Å². The van der Waals surface area contributed by atoms with E-state index in [1.807, 2.05) is 18.2 Å². The number of amides is 1. The van der Waals surface area contributed by atoms with Crippen molar-refractivity contribution in [3.63, 3.8) is 0 Å². The monoisotopic (exact) mass is 328 g/mol. The van der Waals surface area contributed by atoms with E-state index in [0.29, 0.717) is 18.2 Å². The molecule has 1 N–H and O–H groups in total. The molecule has 0 saturated carbocycles. The second kappa shape index (κ2) is 7.48. The van der Waals surface area contributed by atoms with E-state index in [0.717, 1.165) is 43.9 Å². The minimum atomic E-state index is 0. The number of nitrogens with one attached hydrogen (secondary N) is 1. The van der Waals surface area contributed by atoms with E-state index in [1.54, 1.807) is 0 Å². The lowest BCUT2D eigenvalue weighted by Crippen LogP contribution is -2.32. The largest absolute Gasteiger partial charge is 0.336 e. The highest BCUT2D eigenvalue weighted by Gasteiger charge is 2.31. The van der Waals surface area contributed by atoms with Crippen molar-refractivity contribution in [3.05, 3.63) is 34.9 Å². The van der Waals surface area contributed by atoms with E-state index in [2.05, 4.69) is 16.3 Å². The summed E-state index contributed by atoms with van der Waals surface area (Å²) in [6, 6.07) is 8.15. The zero-order chi connectivity index (χ0) is 13.9. The van der Waals surface area contributed by atoms with Crippen LogP contribution in [-0.2, 0) is 4.79 Å². The number of rotatable bonds is 3. The fraction of sp³-hybridized carbons (Fsp3) is 0.562. The first kappa shape index (κ1) is 16.6. The number of nitrogens with zero attached hydrogens (tertiary/aromatic N) is 1. The van der Waals surface area contributed by atoms with Gasteiger partial charge in [0, 0.05) is 18.0 Å². The predicted octanol–water partition coefficient (Wildman–Crippen LogP) is 3.42. The third-order valence-electron chi connectivity index (χ3n) is 4.43.